The van der Waals surface area contributed by atoms with E-state index in [1.165, 1.54) is 16.2 Å². The second-order valence-electron chi connectivity index (χ2n) is 6.49. The summed E-state index contributed by atoms with van der Waals surface area (Å²) in [6.07, 6.45) is 0.886. The van der Waals surface area contributed by atoms with Crippen molar-refractivity contribution < 1.29 is 14.3 Å². The minimum absolute atomic E-state index is 0.0911. The Morgan fingerprint density at radius 2 is 1.92 bits per heavy atom. The van der Waals surface area contributed by atoms with Gasteiger partial charge in [0.15, 0.2) is 11.2 Å². The van der Waals surface area contributed by atoms with Crippen LogP contribution in [0.2, 0.25) is 0 Å². The molecule has 0 N–H and O–H groups in total. The molecule has 0 unspecified atom stereocenters. The van der Waals surface area contributed by atoms with Gasteiger partial charge in [0, 0.05) is 25.4 Å². The highest BCUT2D eigenvalue weighted by atomic mass is 32.1. The molecular weight excluding hydrogens is 350 g/mol. The molecule has 0 saturated carbocycles. The van der Waals surface area contributed by atoms with Crippen LogP contribution in [0.4, 0.5) is 0 Å². The van der Waals surface area contributed by atoms with E-state index in [4.69, 9.17) is 4.74 Å². The number of aldehydes is 1. The van der Waals surface area contributed by atoms with Crippen molar-refractivity contribution in [2.75, 3.05) is 14.1 Å². The second-order valence-corrected chi connectivity index (χ2v) is 7.47. The van der Waals surface area contributed by atoms with Gasteiger partial charge in [0.2, 0.25) is 0 Å². The summed E-state index contributed by atoms with van der Waals surface area (Å²) in [4.78, 5) is 31.4. The van der Waals surface area contributed by atoms with Gasteiger partial charge in [-0.3, -0.25) is 14.0 Å². The normalized spacial score (nSPS) is 11.2. The maximum absolute atomic E-state index is 12.3. The lowest BCUT2D eigenvalue weighted by Gasteiger charge is -2.10. The number of ether oxygens (including phenoxy) is 1. The van der Waals surface area contributed by atoms with Crippen molar-refractivity contribution in [1.82, 2.24) is 14.3 Å². The van der Waals surface area contributed by atoms with Crippen LogP contribution >= 0.6 is 11.3 Å². The third-order valence-corrected chi connectivity index (χ3v) is 5.08. The minimum Gasteiger partial charge on any atom is -0.491 e. The second kappa shape index (κ2) is 6.92. The van der Waals surface area contributed by atoms with Gasteiger partial charge in [-0.05, 0) is 45.0 Å². The highest BCUT2D eigenvalue weighted by molar-refractivity contribution is 7.19. The van der Waals surface area contributed by atoms with Gasteiger partial charge in [-0.1, -0.05) is 11.3 Å². The SMILES string of the molecule is Cc1c(C(=O)N(C)C)sc2nc(-c3ccc(OC(C)C)cc3)c(C=O)n12. The van der Waals surface area contributed by atoms with Crippen LogP contribution in [0.5, 0.6) is 5.75 Å². The van der Waals surface area contributed by atoms with Crippen molar-refractivity contribution in [3.63, 3.8) is 0 Å². The first-order chi connectivity index (χ1) is 12.3. The number of fused-ring (bicyclic) bond motifs is 1. The molecule has 0 fully saturated rings. The maximum atomic E-state index is 12.3. The van der Waals surface area contributed by atoms with Gasteiger partial charge in [0.05, 0.1) is 6.10 Å². The first-order valence-electron chi connectivity index (χ1n) is 8.29. The highest BCUT2D eigenvalue weighted by Gasteiger charge is 2.23. The van der Waals surface area contributed by atoms with Crippen molar-refractivity contribution in [1.29, 1.82) is 0 Å². The topological polar surface area (TPSA) is 63.9 Å². The smallest absolute Gasteiger partial charge is 0.265 e. The summed E-state index contributed by atoms with van der Waals surface area (Å²) in [6, 6.07) is 7.51. The van der Waals surface area contributed by atoms with Crippen LogP contribution < -0.4 is 4.74 Å². The zero-order valence-electron chi connectivity index (χ0n) is 15.4. The van der Waals surface area contributed by atoms with Gasteiger partial charge in [0.25, 0.3) is 5.91 Å². The molecule has 1 aromatic carbocycles. The molecule has 136 valence electrons. The van der Waals surface area contributed by atoms with Crippen LogP contribution in [0.3, 0.4) is 0 Å². The van der Waals surface area contributed by atoms with Gasteiger partial charge >= 0.3 is 0 Å². The number of hydrogen-bond donors (Lipinski definition) is 0. The van der Waals surface area contributed by atoms with E-state index >= 15 is 0 Å². The van der Waals surface area contributed by atoms with Crippen molar-refractivity contribution in [3.05, 3.63) is 40.5 Å². The Balaban J connectivity index is 2.08. The molecule has 0 atom stereocenters. The molecule has 0 aliphatic heterocycles. The lowest BCUT2D eigenvalue weighted by molar-refractivity contribution is 0.0831. The Labute approximate surface area is 156 Å². The summed E-state index contributed by atoms with van der Waals surface area (Å²) in [5.74, 6) is 0.680. The summed E-state index contributed by atoms with van der Waals surface area (Å²) in [6.45, 7) is 5.77. The molecule has 1 amide bonds. The molecule has 0 aliphatic carbocycles. The molecule has 3 rings (SSSR count). The fraction of sp³-hybridized carbons (Fsp3) is 0.316. The standard InChI is InChI=1S/C19H21N3O3S/c1-11(2)25-14-8-6-13(7-9-14)16-15(10-23)22-12(3)17(18(24)21(4)5)26-19(22)20-16/h6-11H,1-5H3. The predicted octanol–water partition coefficient (Wildman–Crippen LogP) is 3.67. The highest BCUT2D eigenvalue weighted by Crippen LogP contribution is 2.31. The van der Waals surface area contributed by atoms with E-state index in [2.05, 4.69) is 4.98 Å². The van der Waals surface area contributed by atoms with Gasteiger partial charge in [0.1, 0.15) is 22.0 Å². The first-order valence-corrected chi connectivity index (χ1v) is 9.11. The van der Waals surface area contributed by atoms with E-state index in [0.29, 0.717) is 21.2 Å². The Morgan fingerprint density at radius 1 is 1.27 bits per heavy atom. The molecule has 26 heavy (non-hydrogen) atoms. The van der Waals surface area contributed by atoms with Crippen molar-refractivity contribution >= 4 is 28.5 Å². The number of aryl methyl sites for hydroxylation is 1. The van der Waals surface area contributed by atoms with Gasteiger partial charge in [-0.15, -0.1) is 0 Å². The van der Waals surface area contributed by atoms with E-state index in [1.54, 1.807) is 18.5 Å². The number of thiazole rings is 1. The van der Waals surface area contributed by atoms with Crippen molar-refractivity contribution in [2.45, 2.75) is 26.9 Å². The van der Waals surface area contributed by atoms with Crippen LogP contribution in [0, 0.1) is 6.92 Å². The molecule has 6 nitrogen and oxygen atoms in total. The summed E-state index contributed by atoms with van der Waals surface area (Å²) in [5, 5.41) is 0. The van der Waals surface area contributed by atoms with E-state index in [0.717, 1.165) is 23.3 Å². The van der Waals surface area contributed by atoms with Gasteiger partial charge in [-0.2, -0.15) is 0 Å². The molecule has 2 aromatic heterocycles. The van der Waals surface area contributed by atoms with Crippen molar-refractivity contribution in [3.8, 4) is 17.0 Å². The number of rotatable bonds is 5. The number of carbonyl (C=O) groups excluding carboxylic acids is 2. The largest absolute Gasteiger partial charge is 0.491 e. The molecule has 3 aromatic rings. The number of nitrogens with zero attached hydrogens (tertiary/aromatic N) is 3. The fourth-order valence-electron chi connectivity index (χ4n) is 2.76. The number of hydrogen-bond acceptors (Lipinski definition) is 5. The molecule has 0 aliphatic rings. The van der Waals surface area contributed by atoms with Gasteiger partial charge in [-0.25, -0.2) is 4.98 Å². The van der Waals surface area contributed by atoms with E-state index in [-0.39, 0.29) is 12.0 Å². The minimum atomic E-state index is -0.0911. The van der Waals surface area contributed by atoms with E-state index in [1.807, 2.05) is 45.0 Å². The molecule has 0 saturated heterocycles. The molecular formula is C19H21N3O3S. The number of benzene rings is 1. The molecule has 2 heterocycles. The number of aromatic nitrogens is 2. The average molecular weight is 371 g/mol. The maximum Gasteiger partial charge on any atom is 0.265 e. The molecule has 7 heteroatoms. The van der Waals surface area contributed by atoms with Crippen molar-refractivity contribution in [2.24, 2.45) is 0 Å². The quantitative estimate of drug-likeness (QED) is 0.642. The monoisotopic (exact) mass is 371 g/mol. The zero-order chi connectivity index (χ0) is 19.0. The lowest BCUT2D eigenvalue weighted by atomic mass is 10.1. The molecule has 0 spiro atoms. The molecule has 0 radical (unpaired) electrons. The summed E-state index contributed by atoms with van der Waals surface area (Å²) < 4.78 is 7.41. The van der Waals surface area contributed by atoms with Crippen LogP contribution in [0.25, 0.3) is 16.2 Å². The van der Waals surface area contributed by atoms with Crippen LogP contribution in [0.15, 0.2) is 24.3 Å². The van der Waals surface area contributed by atoms with E-state index in [9.17, 15) is 9.59 Å². The van der Waals surface area contributed by atoms with E-state index < -0.39 is 0 Å². The Bertz CT molecular complexity index is 968. The first kappa shape index (κ1) is 18.1. The average Bonchev–Trinajstić information content (AvgIpc) is 3.11. The number of imidazole rings is 1. The number of carbonyl (C=O) groups is 2. The summed E-state index contributed by atoms with van der Waals surface area (Å²) >= 11 is 1.29. The van der Waals surface area contributed by atoms with Crippen LogP contribution in [-0.2, 0) is 0 Å². The predicted molar refractivity (Wildman–Crippen MR) is 102 cm³/mol. The summed E-state index contributed by atoms with van der Waals surface area (Å²) in [5.41, 5.74) is 2.61. The van der Waals surface area contributed by atoms with Crippen LogP contribution in [0.1, 0.15) is 39.7 Å². The van der Waals surface area contributed by atoms with Crippen LogP contribution in [-0.4, -0.2) is 46.7 Å². The third kappa shape index (κ3) is 3.10. The third-order valence-electron chi connectivity index (χ3n) is 3.95. The Hall–Kier alpha value is -2.67. The Morgan fingerprint density at radius 3 is 2.46 bits per heavy atom. The Kier molecular flexibility index (Phi) is 4.82. The van der Waals surface area contributed by atoms with Gasteiger partial charge < -0.3 is 9.64 Å². The lowest BCUT2D eigenvalue weighted by Crippen LogP contribution is -2.21. The number of amides is 1. The summed E-state index contributed by atoms with van der Waals surface area (Å²) in [7, 11) is 3.41. The zero-order valence-corrected chi connectivity index (χ0v) is 16.3. The molecule has 0 bridgehead atoms. The fourth-order valence-corrected chi connectivity index (χ4v) is 3.91.